The van der Waals surface area contributed by atoms with Crippen molar-refractivity contribution in [3.63, 3.8) is 0 Å². The van der Waals surface area contributed by atoms with Gasteiger partial charge >= 0.3 is 5.97 Å². The average molecular weight is 658 g/mol. The largest absolute Gasteiger partial charge is 0.488 e. The maximum absolute atomic E-state index is 13.9. The van der Waals surface area contributed by atoms with Gasteiger partial charge in [-0.1, -0.05) is 93.8 Å². The van der Waals surface area contributed by atoms with E-state index in [4.69, 9.17) is 37.7 Å². The highest BCUT2D eigenvalue weighted by Gasteiger charge is 2.33. The Bertz CT molecular complexity index is 1820. The fraction of sp³-hybridized carbons (Fsp3) is 0.167. The molecule has 10 heteroatoms. The van der Waals surface area contributed by atoms with Crippen LogP contribution in [0.25, 0.3) is 6.08 Å². The lowest BCUT2D eigenvalue weighted by Gasteiger charge is -2.25. The average Bonchev–Trinajstić information content (AvgIpc) is 3.27. The number of allylic oxidation sites excluding steroid dienone is 1. The van der Waals surface area contributed by atoms with E-state index in [0.717, 1.165) is 15.6 Å². The van der Waals surface area contributed by atoms with Gasteiger partial charge in [0.05, 0.1) is 39.0 Å². The van der Waals surface area contributed by atoms with Crippen molar-refractivity contribution in [2.75, 3.05) is 7.11 Å². The quantitative estimate of drug-likeness (QED) is 0.214. The lowest BCUT2D eigenvalue weighted by molar-refractivity contribution is -0.136. The topological polar surface area (TPSA) is 69.9 Å². The Kier molecular flexibility index (Phi) is 8.61. The summed E-state index contributed by atoms with van der Waals surface area (Å²) < 4.78 is 14.1. The molecule has 1 aliphatic heterocycles. The number of fused-ring (bicyclic) bond motifs is 1. The highest BCUT2D eigenvalue weighted by Crippen LogP contribution is 2.32. The molecule has 0 amide bonds. The fourth-order valence-corrected chi connectivity index (χ4v) is 6.22. The highest BCUT2D eigenvalue weighted by molar-refractivity contribution is 9.10. The van der Waals surface area contributed by atoms with E-state index in [1.807, 2.05) is 61.5 Å². The van der Waals surface area contributed by atoms with Crippen LogP contribution in [-0.2, 0) is 16.1 Å². The van der Waals surface area contributed by atoms with E-state index in [0.29, 0.717) is 48.4 Å². The van der Waals surface area contributed by atoms with Gasteiger partial charge in [-0.05, 0) is 54.0 Å². The number of methoxy groups -OCH3 is 1. The Hall–Kier alpha value is -3.17. The van der Waals surface area contributed by atoms with Gasteiger partial charge in [-0.3, -0.25) is 9.36 Å². The van der Waals surface area contributed by atoms with Crippen molar-refractivity contribution in [3.05, 3.63) is 129 Å². The molecule has 0 N–H and O–H groups in total. The predicted molar refractivity (Wildman–Crippen MR) is 162 cm³/mol. The molecule has 204 valence electrons. The van der Waals surface area contributed by atoms with Crippen LogP contribution in [0.3, 0.4) is 0 Å². The van der Waals surface area contributed by atoms with Crippen LogP contribution in [-0.4, -0.2) is 17.6 Å². The molecule has 4 aromatic rings. The van der Waals surface area contributed by atoms with Crippen molar-refractivity contribution >= 4 is 62.5 Å². The van der Waals surface area contributed by atoms with E-state index in [-0.39, 0.29) is 12.2 Å². The number of hydrogen-bond donors (Lipinski definition) is 0. The molecule has 1 aromatic heterocycles. The lowest BCUT2D eigenvalue weighted by Crippen LogP contribution is -2.40. The third kappa shape index (κ3) is 5.67. The zero-order chi connectivity index (χ0) is 28.4. The molecule has 0 saturated heterocycles. The Balaban J connectivity index is 1.62. The summed E-state index contributed by atoms with van der Waals surface area (Å²) in [4.78, 5) is 32.1. The van der Waals surface area contributed by atoms with Crippen LogP contribution in [0.2, 0.25) is 10.0 Å². The zero-order valence-corrected chi connectivity index (χ0v) is 25.4. The van der Waals surface area contributed by atoms with E-state index >= 15 is 0 Å². The van der Waals surface area contributed by atoms with Crippen molar-refractivity contribution in [3.8, 4) is 5.75 Å². The third-order valence-electron chi connectivity index (χ3n) is 6.40. The minimum absolute atomic E-state index is 0.260. The Morgan fingerprint density at radius 2 is 1.88 bits per heavy atom. The van der Waals surface area contributed by atoms with Crippen molar-refractivity contribution < 1.29 is 14.3 Å². The number of aromatic nitrogens is 1. The maximum atomic E-state index is 13.9. The van der Waals surface area contributed by atoms with Gasteiger partial charge < -0.3 is 9.47 Å². The van der Waals surface area contributed by atoms with E-state index in [1.54, 1.807) is 22.8 Å². The number of halogens is 3. The van der Waals surface area contributed by atoms with E-state index in [2.05, 4.69) is 15.9 Å². The van der Waals surface area contributed by atoms with Gasteiger partial charge in [0.25, 0.3) is 5.56 Å². The van der Waals surface area contributed by atoms with Crippen molar-refractivity contribution in [1.29, 1.82) is 0 Å². The first kappa shape index (κ1) is 28.4. The summed E-state index contributed by atoms with van der Waals surface area (Å²) in [5.74, 6) is 0.0814. The molecule has 0 saturated carbocycles. The first-order valence-electron chi connectivity index (χ1n) is 12.3. The second-order valence-corrected chi connectivity index (χ2v) is 11.7. The number of rotatable bonds is 7. The molecular weight excluding hydrogens is 635 g/mol. The van der Waals surface area contributed by atoms with Gasteiger partial charge in [0.2, 0.25) is 0 Å². The molecule has 0 aliphatic carbocycles. The molecule has 0 unspecified atom stereocenters. The molecule has 40 heavy (non-hydrogen) atoms. The molecular formula is C30H23BrCl2N2O4S. The SMILES string of the molecule is CCC1=C(C(=O)OC)[C@@H](c2ccccc2)n2c(s/c(=C\c3cc(Br)ccc3OCc3ccc(Cl)c(Cl)c3)c2=O)=N1. The monoisotopic (exact) mass is 656 g/mol. The molecule has 0 bridgehead atoms. The molecule has 0 fully saturated rings. The number of carbonyl (C=O) groups is 1. The van der Waals surface area contributed by atoms with Crippen LogP contribution in [0.4, 0.5) is 0 Å². The van der Waals surface area contributed by atoms with Crippen LogP contribution in [0.1, 0.15) is 36.1 Å². The number of benzene rings is 3. The summed E-state index contributed by atoms with van der Waals surface area (Å²) in [5.41, 5.74) is 3.06. The minimum atomic E-state index is -0.658. The standard InChI is InChI=1S/C30H23BrCl2N2O4S/c1-3-23-26(29(37)38-2)27(18-7-5-4-6-8-18)35-28(36)25(40-30(35)34-23)15-19-14-20(31)10-12-24(19)39-16-17-9-11-21(32)22(33)13-17/h4-15,27H,3,16H2,1-2H3/b25-15-/t27-/m1/s1. The third-order valence-corrected chi connectivity index (χ3v) is 8.62. The summed E-state index contributed by atoms with van der Waals surface area (Å²) in [6.07, 6.45) is 2.30. The van der Waals surface area contributed by atoms with Crippen molar-refractivity contribution in [2.45, 2.75) is 26.0 Å². The Labute approximate surface area is 252 Å². The van der Waals surface area contributed by atoms with E-state index in [9.17, 15) is 9.59 Å². The first-order valence-corrected chi connectivity index (χ1v) is 14.7. The smallest absolute Gasteiger partial charge is 0.338 e. The van der Waals surface area contributed by atoms with Crippen LogP contribution in [0, 0.1) is 0 Å². The molecule has 2 heterocycles. The van der Waals surface area contributed by atoms with Gasteiger partial charge in [0.15, 0.2) is 4.80 Å². The number of nitrogens with zero attached hydrogens (tertiary/aromatic N) is 2. The number of thiazole rings is 1. The van der Waals surface area contributed by atoms with E-state index in [1.165, 1.54) is 18.4 Å². The maximum Gasteiger partial charge on any atom is 0.338 e. The van der Waals surface area contributed by atoms with Gasteiger partial charge in [0, 0.05) is 10.0 Å². The van der Waals surface area contributed by atoms with Gasteiger partial charge in [-0.15, -0.1) is 0 Å². The Morgan fingerprint density at radius 1 is 1.10 bits per heavy atom. The zero-order valence-electron chi connectivity index (χ0n) is 21.5. The van der Waals surface area contributed by atoms with Crippen molar-refractivity contribution in [1.82, 2.24) is 4.57 Å². The van der Waals surface area contributed by atoms with Crippen LogP contribution in [0.5, 0.6) is 5.75 Å². The molecule has 0 radical (unpaired) electrons. The fourth-order valence-electron chi connectivity index (χ4n) is 4.51. The lowest BCUT2D eigenvalue weighted by atomic mass is 9.95. The summed E-state index contributed by atoms with van der Waals surface area (Å²) in [7, 11) is 1.34. The Morgan fingerprint density at radius 3 is 2.58 bits per heavy atom. The summed E-state index contributed by atoms with van der Waals surface area (Å²) in [6, 6.07) is 19.7. The van der Waals surface area contributed by atoms with Crippen LogP contribution < -0.4 is 19.6 Å². The molecule has 5 rings (SSSR count). The highest BCUT2D eigenvalue weighted by atomic mass is 79.9. The van der Waals surface area contributed by atoms with Gasteiger partial charge in [0.1, 0.15) is 12.4 Å². The van der Waals surface area contributed by atoms with Gasteiger partial charge in [-0.25, -0.2) is 9.79 Å². The normalized spacial score (nSPS) is 15.0. The van der Waals surface area contributed by atoms with Crippen LogP contribution >= 0.6 is 50.5 Å². The van der Waals surface area contributed by atoms with E-state index < -0.39 is 12.0 Å². The number of esters is 1. The summed E-state index contributed by atoms with van der Waals surface area (Å²) in [5, 5.41) is 0.922. The van der Waals surface area contributed by atoms with Gasteiger partial charge in [-0.2, -0.15) is 0 Å². The number of hydrogen-bond acceptors (Lipinski definition) is 6. The molecule has 6 nitrogen and oxygen atoms in total. The summed E-state index contributed by atoms with van der Waals surface area (Å²) in [6.45, 7) is 2.19. The molecule has 3 aromatic carbocycles. The molecule has 1 aliphatic rings. The minimum Gasteiger partial charge on any atom is -0.488 e. The number of carbonyl (C=O) groups excluding carboxylic acids is 1. The molecule has 0 spiro atoms. The first-order chi connectivity index (χ1) is 19.3. The number of ether oxygens (including phenoxy) is 2. The predicted octanol–water partition coefficient (Wildman–Crippen LogP) is 6.45. The van der Waals surface area contributed by atoms with Crippen molar-refractivity contribution in [2.24, 2.45) is 4.99 Å². The summed E-state index contributed by atoms with van der Waals surface area (Å²) >= 11 is 17.0. The van der Waals surface area contributed by atoms with Crippen LogP contribution in [0.15, 0.2) is 92.3 Å². The molecule has 1 atom stereocenters. The second-order valence-electron chi connectivity index (χ2n) is 8.92. The second kappa shape index (κ2) is 12.1.